The van der Waals surface area contributed by atoms with Gasteiger partial charge in [0.1, 0.15) is 0 Å². The van der Waals surface area contributed by atoms with Crippen molar-refractivity contribution in [1.82, 2.24) is 0 Å². The predicted octanol–water partition coefficient (Wildman–Crippen LogP) is 2.12. The van der Waals surface area contributed by atoms with Crippen LogP contribution in [-0.2, 0) is 0 Å². The first-order chi connectivity index (χ1) is 3.50. The molecule has 1 aliphatic rings. The van der Waals surface area contributed by atoms with E-state index in [1.54, 1.807) is 0 Å². The molecule has 0 spiro atoms. The molecule has 0 N–H and O–H groups in total. The predicted molar refractivity (Wildman–Crippen MR) is 30.6 cm³/mol. The lowest BCUT2D eigenvalue weighted by Crippen LogP contribution is -1.68. The van der Waals surface area contributed by atoms with Crippen molar-refractivity contribution in [3.05, 3.63) is 18.6 Å². The molecular weight excluding hydrogens is 84.1 g/mol. The fraction of sp³-hybridized carbons (Fsp3) is 0.571. The maximum atomic E-state index is 3.10. The largest absolute Gasteiger partial charge is 0.0807 e. The van der Waals surface area contributed by atoms with Gasteiger partial charge in [-0.15, -0.1) is 0 Å². The molecule has 0 heterocycles. The SMILES string of the molecule is [C]1=CCCCC[CH]1. The summed E-state index contributed by atoms with van der Waals surface area (Å²) in [6, 6.07) is 0. The summed E-state index contributed by atoms with van der Waals surface area (Å²) < 4.78 is 0. The molecule has 0 aromatic rings. The highest BCUT2D eigenvalue weighted by Crippen LogP contribution is 2.07. The summed E-state index contributed by atoms with van der Waals surface area (Å²) in [5.41, 5.74) is 0. The van der Waals surface area contributed by atoms with Gasteiger partial charge < -0.3 is 0 Å². The maximum Gasteiger partial charge on any atom is -0.00935 e. The molecule has 0 aromatic carbocycles. The highest BCUT2D eigenvalue weighted by molar-refractivity contribution is 4.88. The Kier molecular flexibility index (Phi) is 1.98. The van der Waals surface area contributed by atoms with Gasteiger partial charge in [0.25, 0.3) is 0 Å². The molecule has 0 heteroatoms. The molecule has 0 atom stereocenters. The van der Waals surface area contributed by atoms with E-state index in [2.05, 4.69) is 18.6 Å². The number of rotatable bonds is 0. The van der Waals surface area contributed by atoms with Crippen molar-refractivity contribution in [1.29, 1.82) is 0 Å². The molecular formula is C7H10. The number of hydrogen-bond acceptors (Lipinski definition) is 0. The van der Waals surface area contributed by atoms with Gasteiger partial charge in [0.15, 0.2) is 0 Å². The van der Waals surface area contributed by atoms with Crippen LogP contribution in [0.1, 0.15) is 25.7 Å². The van der Waals surface area contributed by atoms with E-state index in [0.717, 1.165) is 0 Å². The molecule has 0 aromatic heterocycles. The summed E-state index contributed by atoms with van der Waals surface area (Å²) in [5.74, 6) is 0. The molecule has 0 saturated heterocycles. The molecule has 0 amide bonds. The van der Waals surface area contributed by atoms with E-state index in [9.17, 15) is 0 Å². The van der Waals surface area contributed by atoms with Crippen LogP contribution < -0.4 is 0 Å². The highest BCUT2D eigenvalue weighted by atomic mass is 13.9. The summed E-state index contributed by atoms with van der Waals surface area (Å²) in [4.78, 5) is 0. The average Bonchev–Trinajstić information content (AvgIpc) is 1.90. The van der Waals surface area contributed by atoms with Gasteiger partial charge in [-0.3, -0.25) is 0 Å². The van der Waals surface area contributed by atoms with E-state index >= 15 is 0 Å². The van der Waals surface area contributed by atoms with E-state index in [4.69, 9.17) is 0 Å². The first-order valence-corrected chi connectivity index (χ1v) is 2.89. The van der Waals surface area contributed by atoms with Crippen molar-refractivity contribution < 1.29 is 0 Å². The molecule has 1 rings (SSSR count). The van der Waals surface area contributed by atoms with Gasteiger partial charge in [0, 0.05) is 0 Å². The molecule has 0 nitrogen and oxygen atoms in total. The monoisotopic (exact) mass is 94.1 g/mol. The first-order valence-electron chi connectivity index (χ1n) is 2.89. The van der Waals surface area contributed by atoms with Crippen molar-refractivity contribution in [2.45, 2.75) is 25.7 Å². The average molecular weight is 94.2 g/mol. The Morgan fingerprint density at radius 1 is 1.14 bits per heavy atom. The summed E-state index contributed by atoms with van der Waals surface area (Å²) in [7, 11) is 0. The second kappa shape index (κ2) is 2.84. The molecule has 0 aliphatic heterocycles. The Labute approximate surface area is 45.2 Å². The normalized spacial score (nSPS) is 21.7. The van der Waals surface area contributed by atoms with Gasteiger partial charge in [-0.2, -0.15) is 0 Å². The zero-order valence-corrected chi connectivity index (χ0v) is 4.48. The van der Waals surface area contributed by atoms with Crippen LogP contribution in [0.2, 0.25) is 0 Å². The Bertz CT molecular complexity index is 54.4. The summed E-state index contributed by atoms with van der Waals surface area (Å²) >= 11 is 0. The lowest BCUT2D eigenvalue weighted by atomic mass is 10.2. The Balaban J connectivity index is 2.20. The molecule has 7 heavy (non-hydrogen) atoms. The lowest BCUT2D eigenvalue weighted by Gasteiger charge is -1.85. The second-order valence-electron chi connectivity index (χ2n) is 1.86. The molecule has 1 aliphatic carbocycles. The second-order valence-corrected chi connectivity index (χ2v) is 1.86. The third-order valence-electron chi connectivity index (χ3n) is 1.18. The van der Waals surface area contributed by atoms with E-state index in [1.807, 2.05) is 0 Å². The summed E-state index contributed by atoms with van der Waals surface area (Å²) in [6.07, 6.45) is 12.5. The zero-order chi connectivity index (χ0) is 4.95. The topological polar surface area (TPSA) is 0 Å². The Morgan fingerprint density at radius 3 is 3.00 bits per heavy atom. The van der Waals surface area contributed by atoms with Crippen molar-refractivity contribution in [2.24, 2.45) is 0 Å². The molecule has 38 valence electrons. The minimum absolute atomic E-state index is 1.23. The van der Waals surface area contributed by atoms with Crippen molar-refractivity contribution in [2.75, 3.05) is 0 Å². The van der Waals surface area contributed by atoms with Gasteiger partial charge >= 0.3 is 0 Å². The van der Waals surface area contributed by atoms with Gasteiger partial charge in [-0.05, 0) is 31.8 Å². The van der Waals surface area contributed by atoms with Crippen molar-refractivity contribution >= 4 is 0 Å². The minimum atomic E-state index is 1.23. The number of hydrogen-bond donors (Lipinski definition) is 0. The van der Waals surface area contributed by atoms with Crippen LogP contribution in [0.25, 0.3) is 0 Å². The molecule has 0 saturated carbocycles. The first kappa shape index (κ1) is 4.89. The van der Waals surface area contributed by atoms with Crippen LogP contribution in [0.5, 0.6) is 0 Å². The molecule has 0 bridgehead atoms. The van der Waals surface area contributed by atoms with Crippen LogP contribution >= 0.6 is 0 Å². The standard InChI is InChI=1S/C7H10/c1-2-4-6-7-5-3-1/h1,5H,2,4,6-7H2. The zero-order valence-electron chi connectivity index (χ0n) is 4.48. The van der Waals surface area contributed by atoms with E-state index in [1.165, 1.54) is 25.7 Å². The minimum Gasteiger partial charge on any atom is -0.0807 e. The quantitative estimate of drug-likeness (QED) is 0.431. The molecule has 0 fully saturated rings. The van der Waals surface area contributed by atoms with Crippen LogP contribution in [-0.4, -0.2) is 0 Å². The third kappa shape index (κ3) is 1.77. The van der Waals surface area contributed by atoms with E-state index in [-0.39, 0.29) is 0 Å². The van der Waals surface area contributed by atoms with Gasteiger partial charge in [-0.1, -0.05) is 12.5 Å². The van der Waals surface area contributed by atoms with Gasteiger partial charge in [-0.25, -0.2) is 0 Å². The van der Waals surface area contributed by atoms with Crippen LogP contribution in [0, 0.1) is 12.5 Å². The van der Waals surface area contributed by atoms with Crippen LogP contribution in [0.4, 0.5) is 0 Å². The fourth-order valence-corrected chi connectivity index (χ4v) is 0.743. The van der Waals surface area contributed by atoms with Gasteiger partial charge in [0.05, 0.1) is 0 Å². The van der Waals surface area contributed by atoms with Crippen LogP contribution in [0.3, 0.4) is 0 Å². The Hall–Kier alpha value is -0.260. The number of allylic oxidation sites excluding steroid dienone is 2. The fourth-order valence-electron chi connectivity index (χ4n) is 0.743. The lowest BCUT2D eigenvalue weighted by molar-refractivity contribution is 0.763. The van der Waals surface area contributed by atoms with E-state index < -0.39 is 0 Å². The molecule has 2 radical (unpaired) electrons. The summed E-state index contributed by atoms with van der Waals surface area (Å²) in [6.45, 7) is 0. The van der Waals surface area contributed by atoms with Crippen molar-refractivity contribution in [3.8, 4) is 0 Å². The smallest absolute Gasteiger partial charge is 0.00935 e. The Morgan fingerprint density at radius 2 is 2.00 bits per heavy atom. The van der Waals surface area contributed by atoms with Gasteiger partial charge in [0.2, 0.25) is 0 Å². The van der Waals surface area contributed by atoms with Crippen LogP contribution in [0.15, 0.2) is 6.08 Å². The van der Waals surface area contributed by atoms with E-state index in [0.29, 0.717) is 0 Å². The van der Waals surface area contributed by atoms with Crippen molar-refractivity contribution in [3.63, 3.8) is 0 Å². The maximum absolute atomic E-state index is 3.10. The molecule has 0 unspecified atom stereocenters. The third-order valence-corrected chi connectivity index (χ3v) is 1.18. The summed E-state index contributed by atoms with van der Waals surface area (Å²) in [5, 5.41) is 0. The highest BCUT2D eigenvalue weighted by Gasteiger charge is 1.89.